The highest BCUT2D eigenvalue weighted by Crippen LogP contribution is 2.12. The number of rotatable bonds is 5. The van der Waals surface area contributed by atoms with E-state index >= 15 is 0 Å². The molecular formula is C14H16BrN3. The van der Waals surface area contributed by atoms with Gasteiger partial charge < -0.3 is 0 Å². The molecular weight excluding hydrogens is 290 g/mol. The quantitative estimate of drug-likeness (QED) is 0.849. The van der Waals surface area contributed by atoms with Crippen molar-refractivity contribution in [2.45, 2.75) is 20.0 Å². The zero-order chi connectivity index (χ0) is 12.8. The molecule has 0 aliphatic carbocycles. The highest BCUT2D eigenvalue weighted by Gasteiger charge is 2.06. The van der Waals surface area contributed by atoms with E-state index < -0.39 is 0 Å². The lowest BCUT2D eigenvalue weighted by Gasteiger charge is -2.19. The second-order valence-electron chi connectivity index (χ2n) is 4.14. The van der Waals surface area contributed by atoms with Crippen LogP contribution in [-0.4, -0.2) is 21.4 Å². The summed E-state index contributed by atoms with van der Waals surface area (Å²) in [4.78, 5) is 10.9. The van der Waals surface area contributed by atoms with Gasteiger partial charge in [0.15, 0.2) is 0 Å². The Hall–Kier alpha value is -1.26. The fourth-order valence-corrected chi connectivity index (χ4v) is 2.21. The Bertz CT molecular complexity index is 487. The molecule has 0 atom stereocenters. The summed E-state index contributed by atoms with van der Waals surface area (Å²) in [6.07, 6.45) is 5.55. The molecule has 0 fully saturated rings. The summed E-state index contributed by atoms with van der Waals surface area (Å²) in [6.45, 7) is 4.90. The standard InChI is InChI=1S/C14H16BrN3/c1-2-18(11-14-5-3-4-6-17-14)10-12-7-13(15)9-16-8-12/h3-9H,2,10-11H2,1H3. The van der Waals surface area contributed by atoms with Crippen LogP contribution in [0.2, 0.25) is 0 Å². The highest BCUT2D eigenvalue weighted by molar-refractivity contribution is 9.10. The van der Waals surface area contributed by atoms with E-state index in [1.165, 1.54) is 5.56 Å². The Labute approximate surface area is 116 Å². The van der Waals surface area contributed by atoms with Crippen molar-refractivity contribution in [1.29, 1.82) is 0 Å². The maximum absolute atomic E-state index is 4.36. The monoisotopic (exact) mass is 305 g/mol. The average molecular weight is 306 g/mol. The molecule has 2 rings (SSSR count). The van der Waals surface area contributed by atoms with Crippen LogP contribution in [0.3, 0.4) is 0 Å². The Kier molecular flexibility index (Phi) is 4.84. The van der Waals surface area contributed by atoms with E-state index in [0.717, 1.165) is 29.8 Å². The molecule has 0 radical (unpaired) electrons. The van der Waals surface area contributed by atoms with Crippen molar-refractivity contribution in [3.63, 3.8) is 0 Å². The van der Waals surface area contributed by atoms with Gasteiger partial charge in [-0.2, -0.15) is 0 Å². The molecule has 0 bridgehead atoms. The Balaban J connectivity index is 2.01. The van der Waals surface area contributed by atoms with Crippen LogP contribution in [0, 0.1) is 0 Å². The van der Waals surface area contributed by atoms with Crippen LogP contribution in [-0.2, 0) is 13.1 Å². The lowest BCUT2D eigenvalue weighted by molar-refractivity contribution is 0.268. The third-order valence-electron chi connectivity index (χ3n) is 2.73. The van der Waals surface area contributed by atoms with Crippen molar-refractivity contribution in [2.75, 3.05) is 6.54 Å². The summed E-state index contributed by atoms with van der Waals surface area (Å²) in [5, 5.41) is 0. The maximum atomic E-state index is 4.36. The Morgan fingerprint density at radius 3 is 2.78 bits per heavy atom. The summed E-state index contributed by atoms with van der Waals surface area (Å²) in [5.41, 5.74) is 2.31. The minimum atomic E-state index is 0.865. The molecule has 2 aromatic heterocycles. The third kappa shape index (κ3) is 3.89. The van der Waals surface area contributed by atoms with Crippen molar-refractivity contribution in [1.82, 2.24) is 14.9 Å². The molecule has 0 unspecified atom stereocenters. The van der Waals surface area contributed by atoms with Crippen molar-refractivity contribution >= 4 is 15.9 Å². The Morgan fingerprint density at radius 2 is 2.11 bits per heavy atom. The molecule has 94 valence electrons. The van der Waals surface area contributed by atoms with Crippen molar-refractivity contribution in [3.05, 3.63) is 58.6 Å². The van der Waals surface area contributed by atoms with Crippen LogP contribution in [0.25, 0.3) is 0 Å². The normalized spacial score (nSPS) is 10.8. The summed E-state index contributed by atoms with van der Waals surface area (Å²) in [6, 6.07) is 8.13. The van der Waals surface area contributed by atoms with Gasteiger partial charge >= 0.3 is 0 Å². The fraction of sp³-hybridized carbons (Fsp3) is 0.286. The van der Waals surface area contributed by atoms with Crippen molar-refractivity contribution < 1.29 is 0 Å². The molecule has 2 heterocycles. The van der Waals surface area contributed by atoms with Crippen LogP contribution in [0.1, 0.15) is 18.2 Å². The van der Waals surface area contributed by atoms with Gasteiger partial charge in [-0.3, -0.25) is 14.9 Å². The molecule has 0 aliphatic heterocycles. The molecule has 0 aromatic carbocycles. The first-order valence-electron chi connectivity index (χ1n) is 5.99. The van der Waals surface area contributed by atoms with E-state index in [9.17, 15) is 0 Å². The van der Waals surface area contributed by atoms with Crippen molar-refractivity contribution in [2.24, 2.45) is 0 Å². The Morgan fingerprint density at radius 1 is 1.22 bits per heavy atom. The van der Waals surface area contributed by atoms with Crippen LogP contribution in [0.5, 0.6) is 0 Å². The first-order valence-corrected chi connectivity index (χ1v) is 6.79. The molecule has 0 amide bonds. The summed E-state index contributed by atoms with van der Waals surface area (Å²) >= 11 is 3.45. The van der Waals surface area contributed by atoms with Crippen LogP contribution < -0.4 is 0 Å². The van der Waals surface area contributed by atoms with E-state index in [2.05, 4.69) is 49.9 Å². The lowest BCUT2D eigenvalue weighted by Crippen LogP contribution is -2.22. The molecule has 0 N–H and O–H groups in total. The van der Waals surface area contributed by atoms with E-state index in [1.54, 1.807) is 6.20 Å². The summed E-state index contributed by atoms with van der Waals surface area (Å²) < 4.78 is 1.02. The van der Waals surface area contributed by atoms with Gasteiger partial charge in [-0.25, -0.2) is 0 Å². The maximum Gasteiger partial charge on any atom is 0.0544 e. The molecule has 0 spiro atoms. The first-order chi connectivity index (χ1) is 8.78. The van der Waals surface area contributed by atoms with Gasteiger partial charge in [0.25, 0.3) is 0 Å². The van der Waals surface area contributed by atoms with E-state index in [4.69, 9.17) is 0 Å². The fourth-order valence-electron chi connectivity index (χ4n) is 1.80. The number of hydrogen-bond donors (Lipinski definition) is 0. The molecule has 18 heavy (non-hydrogen) atoms. The van der Waals surface area contributed by atoms with Crippen LogP contribution >= 0.6 is 15.9 Å². The zero-order valence-corrected chi connectivity index (χ0v) is 12.0. The topological polar surface area (TPSA) is 29.0 Å². The van der Waals surface area contributed by atoms with Gasteiger partial charge in [-0.15, -0.1) is 0 Å². The van der Waals surface area contributed by atoms with Crippen LogP contribution in [0.4, 0.5) is 0 Å². The number of hydrogen-bond acceptors (Lipinski definition) is 3. The third-order valence-corrected chi connectivity index (χ3v) is 3.16. The van der Waals surface area contributed by atoms with Crippen LogP contribution in [0.15, 0.2) is 47.3 Å². The largest absolute Gasteiger partial charge is 0.293 e. The number of halogens is 1. The summed E-state index contributed by atoms with van der Waals surface area (Å²) in [7, 11) is 0. The van der Waals surface area contributed by atoms with E-state index in [-0.39, 0.29) is 0 Å². The molecule has 2 aromatic rings. The smallest absolute Gasteiger partial charge is 0.0544 e. The van der Waals surface area contributed by atoms with E-state index in [0.29, 0.717) is 0 Å². The average Bonchev–Trinajstić information content (AvgIpc) is 2.39. The van der Waals surface area contributed by atoms with Gasteiger partial charge in [-0.05, 0) is 46.2 Å². The molecule has 3 nitrogen and oxygen atoms in total. The van der Waals surface area contributed by atoms with Gasteiger partial charge in [0.1, 0.15) is 0 Å². The number of nitrogens with zero attached hydrogens (tertiary/aromatic N) is 3. The molecule has 0 aliphatic rings. The highest BCUT2D eigenvalue weighted by atomic mass is 79.9. The number of pyridine rings is 2. The van der Waals surface area contributed by atoms with Gasteiger partial charge in [-0.1, -0.05) is 13.0 Å². The molecule has 4 heteroatoms. The van der Waals surface area contributed by atoms with Crippen molar-refractivity contribution in [3.8, 4) is 0 Å². The predicted molar refractivity (Wildman–Crippen MR) is 76.0 cm³/mol. The SMILES string of the molecule is CCN(Cc1cncc(Br)c1)Cc1ccccn1. The van der Waals surface area contributed by atoms with Gasteiger partial charge in [0, 0.05) is 36.2 Å². The minimum Gasteiger partial charge on any atom is -0.293 e. The summed E-state index contributed by atoms with van der Waals surface area (Å²) in [5.74, 6) is 0. The zero-order valence-electron chi connectivity index (χ0n) is 10.4. The second kappa shape index (κ2) is 6.61. The second-order valence-corrected chi connectivity index (χ2v) is 5.05. The predicted octanol–water partition coefficient (Wildman–Crippen LogP) is 3.26. The molecule has 0 saturated heterocycles. The minimum absolute atomic E-state index is 0.865. The number of aromatic nitrogens is 2. The lowest BCUT2D eigenvalue weighted by atomic mass is 10.2. The molecule has 0 saturated carbocycles. The van der Waals surface area contributed by atoms with Gasteiger partial charge in [0.05, 0.1) is 5.69 Å². The van der Waals surface area contributed by atoms with Gasteiger partial charge in [0.2, 0.25) is 0 Å². The van der Waals surface area contributed by atoms with E-state index in [1.807, 2.05) is 24.5 Å². The first kappa shape index (κ1) is 13.2.